The summed E-state index contributed by atoms with van der Waals surface area (Å²) in [6, 6.07) is 11.9. The molecule has 0 aliphatic carbocycles. The molecule has 134 valence electrons. The minimum absolute atomic E-state index is 0.0556. The maximum Gasteiger partial charge on any atom is 0.255 e. The molecule has 5 heteroatoms. The van der Waals surface area contributed by atoms with Gasteiger partial charge in [-0.1, -0.05) is 6.07 Å². The van der Waals surface area contributed by atoms with E-state index >= 15 is 0 Å². The first kappa shape index (κ1) is 16.8. The van der Waals surface area contributed by atoms with Crippen LogP contribution in [0, 0.1) is 6.92 Å². The van der Waals surface area contributed by atoms with E-state index in [9.17, 15) is 4.79 Å². The van der Waals surface area contributed by atoms with Crippen LogP contribution in [0.15, 0.2) is 53.6 Å². The van der Waals surface area contributed by atoms with Gasteiger partial charge in [0, 0.05) is 37.4 Å². The molecule has 0 spiro atoms. The standard InChI is InChI=1S/C21H23N3O2/c1-15-12-19-16(5-9-23-21(19)25)13-20(15)26-18-6-10-24(11-7-18)14-17-4-2-3-8-22-17/h2-5,8-9,12-13,18H,6-7,10-11,14H2,1H3,(H,23,25). The van der Waals surface area contributed by atoms with Crippen molar-refractivity contribution in [3.63, 3.8) is 0 Å². The van der Waals surface area contributed by atoms with E-state index in [1.54, 1.807) is 6.20 Å². The average Bonchev–Trinajstić information content (AvgIpc) is 2.66. The molecule has 0 saturated carbocycles. The molecule has 1 fully saturated rings. The van der Waals surface area contributed by atoms with Gasteiger partial charge >= 0.3 is 0 Å². The fraction of sp³-hybridized carbons (Fsp3) is 0.333. The molecule has 0 atom stereocenters. The molecule has 5 nitrogen and oxygen atoms in total. The molecule has 1 aliphatic heterocycles. The summed E-state index contributed by atoms with van der Waals surface area (Å²) < 4.78 is 6.28. The Balaban J connectivity index is 1.41. The van der Waals surface area contributed by atoms with Crippen LogP contribution in [0.3, 0.4) is 0 Å². The number of aromatic amines is 1. The van der Waals surface area contributed by atoms with Crippen LogP contribution in [0.4, 0.5) is 0 Å². The van der Waals surface area contributed by atoms with Crippen molar-refractivity contribution in [2.45, 2.75) is 32.4 Å². The van der Waals surface area contributed by atoms with Crippen molar-refractivity contribution >= 4 is 10.8 Å². The highest BCUT2D eigenvalue weighted by Gasteiger charge is 2.21. The van der Waals surface area contributed by atoms with Crippen molar-refractivity contribution < 1.29 is 4.74 Å². The van der Waals surface area contributed by atoms with Gasteiger partial charge in [0.15, 0.2) is 0 Å². The molecule has 4 rings (SSSR count). The third kappa shape index (κ3) is 3.63. The Hall–Kier alpha value is -2.66. The number of fused-ring (bicyclic) bond motifs is 1. The van der Waals surface area contributed by atoms with Crippen LogP contribution in [0.25, 0.3) is 10.8 Å². The molecule has 1 aliphatic rings. The second-order valence-electron chi connectivity index (χ2n) is 6.93. The number of H-pyrrole nitrogens is 1. The molecule has 26 heavy (non-hydrogen) atoms. The Kier molecular flexibility index (Phi) is 4.71. The molecule has 2 aromatic heterocycles. The van der Waals surface area contributed by atoms with Gasteiger partial charge in [0.05, 0.1) is 5.69 Å². The molecule has 1 N–H and O–H groups in total. The van der Waals surface area contributed by atoms with Crippen LogP contribution in [0.1, 0.15) is 24.1 Å². The summed E-state index contributed by atoms with van der Waals surface area (Å²) in [5.41, 5.74) is 2.06. The number of aromatic nitrogens is 2. The van der Waals surface area contributed by atoms with Gasteiger partial charge in [-0.15, -0.1) is 0 Å². The molecular weight excluding hydrogens is 326 g/mol. The topological polar surface area (TPSA) is 58.2 Å². The molecule has 1 saturated heterocycles. The van der Waals surface area contributed by atoms with Crippen molar-refractivity contribution in [3.05, 3.63) is 70.4 Å². The second kappa shape index (κ2) is 7.30. The van der Waals surface area contributed by atoms with Crippen molar-refractivity contribution in [2.24, 2.45) is 0 Å². The van der Waals surface area contributed by atoms with Crippen LogP contribution in [0.2, 0.25) is 0 Å². The first-order valence-corrected chi connectivity index (χ1v) is 9.10. The van der Waals surface area contributed by atoms with Crippen LogP contribution in [-0.2, 0) is 6.54 Å². The summed E-state index contributed by atoms with van der Waals surface area (Å²) >= 11 is 0. The Labute approximate surface area is 152 Å². The lowest BCUT2D eigenvalue weighted by atomic mass is 10.1. The number of likely N-dealkylation sites (tertiary alicyclic amines) is 1. The lowest BCUT2D eigenvalue weighted by Crippen LogP contribution is -2.38. The largest absolute Gasteiger partial charge is 0.490 e. The first-order chi connectivity index (χ1) is 12.7. The Bertz CT molecular complexity index is 944. The summed E-state index contributed by atoms with van der Waals surface area (Å²) in [5.74, 6) is 0.881. The predicted molar refractivity (Wildman–Crippen MR) is 102 cm³/mol. The monoisotopic (exact) mass is 349 g/mol. The van der Waals surface area contributed by atoms with Crippen LogP contribution < -0.4 is 10.3 Å². The molecule has 0 unspecified atom stereocenters. The van der Waals surface area contributed by atoms with Gasteiger partial charge in [0.25, 0.3) is 5.56 Å². The fourth-order valence-corrected chi connectivity index (χ4v) is 3.54. The van der Waals surface area contributed by atoms with E-state index in [2.05, 4.69) is 20.9 Å². The maximum atomic E-state index is 11.9. The molecule has 0 bridgehead atoms. The van der Waals surface area contributed by atoms with Crippen molar-refractivity contribution in [3.8, 4) is 5.75 Å². The highest BCUT2D eigenvalue weighted by atomic mass is 16.5. The van der Waals surface area contributed by atoms with E-state index in [0.717, 1.165) is 54.9 Å². The van der Waals surface area contributed by atoms with E-state index in [0.29, 0.717) is 5.39 Å². The zero-order chi connectivity index (χ0) is 17.9. The second-order valence-corrected chi connectivity index (χ2v) is 6.93. The summed E-state index contributed by atoms with van der Waals surface area (Å²) in [6.45, 7) is 4.91. The fourth-order valence-electron chi connectivity index (χ4n) is 3.54. The van der Waals surface area contributed by atoms with Gasteiger partial charge < -0.3 is 9.72 Å². The summed E-state index contributed by atoms with van der Waals surface area (Å²) in [4.78, 5) is 21.5. The van der Waals surface area contributed by atoms with Gasteiger partial charge in [0.1, 0.15) is 11.9 Å². The third-order valence-corrected chi connectivity index (χ3v) is 5.01. The van der Waals surface area contributed by atoms with E-state index in [-0.39, 0.29) is 11.7 Å². The molecule has 3 heterocycles. The lowest BCUT2D eigenvalue weighted by Gasteiger charge is -2.32. The number of benzene rings is 1. The van der Waals surface area contributed by atoms with Gasteiger partial charge in [-0.25, -0.2) is 0 Å². The SMILES string of the molecule is Cc1cc2c(=O)[nH]ccc2cc1OC1CCN(Cc2ccccn2)CC1. The summed E-state index contributed by atoms with van der Waals surface area (Å²) in [6.07, 6.45) is 5.74. The number of nitrogens with zero attached hydrogens (tertiary/aromatic N) is 2. The first-order valence-electron chi connectivity index (χ1n) is 9.10. The smallest absolute Gasteiger partial charge is 0.255 e. The minimum atomic E-state index is -0.0556. The normalized spacial score (nSPS) is 16.0. The molecule has 1 aromatic carbocycles. The van der Waals surface area contributed by atoms with Crippen molar-refractivity contribution in [2.75, 3.05) is 13.1 Å². The van der Waals surface area contributed by atoms with Gasteiger partial charge in [-0.2, -0.15) is 0 Å². The number of hydrogen-bond donors (Lipinski definition) is 1. The van der Waals surface area contributed by atoms with Gasteiger partial charge in [0.2, 0.25) is 0 Å². The number of rotatable bonds is 4. The van der Waals surface area contributed by atoms with Crippen molar-refractivity contribution in [1.29, 1.82) is 0 Å². The molecule has 0 amide bonds. The third-order valence-electron chi connectivity index (χ3n) is 5.01. The molecular formula is C21H23N3O2. The maximum absolute atomic E-state index is 11.9. The van der Waals surface area contributed by atoms with E-state index in [1.165, 1.54) is 0 Å². The Morgan fingerprint density at radius 1 is 1.23 bits per heavy atom. The number of aryl methyl sites for hydroxylation is 1. The van der Waals surface area contributed by atoms with Gasteiger partial charge in [-0.3, -0.25) is 14.7 Å². The minimum Gasteiger partial charge on any atom is -0.490 e. The van der Waals surface area contributed by atoms with E-state index in [4.69, 9.17) is 4.74 Å². The number of ether oxygens (including phenoxy) is 1. The van der Waals surface area contributed by atoms with E-state index < -0.39 is 0 Å². The number of nitrogens with one attached hydrogen (secondary N) is 1. The predicted octanol–water partition coefficient (Wildman–Crippen LogP) is 3.27. The Morgan fingerprint density at radius 3 is 2.85 bits per heavy atom. The molecule has 3 aromatic rings. The number of pyridine rings is 2. The van der Waals surface area contributed by atoms with Gasteiger partial charge in [-0.05, 0) is 61.0 Å². The van der Waals surface area contributed by atoms with Crippen LogP contribution >= 0.6 is 0 Å². The number of piperidine rings is 1. The van der Waals surface area contributed by atoms with E-state index in [1.807, 2.05) is 43.5 Å². The lowest BCUT2D eigenvalue weighted by molar-refractivity contribution is 0.0957. The average molecular weight is 349 g/mol. The van der Waals surface area contributed by atoms with Crippen LogP contribution in [-0.4, -0.2) is 34.1 Å². The highest BCUT2D eigenvalue weighted by molar-refractivity contribution is 5.83. The zero-order valence-electron chi connectivity index (χ0n) is 14.9. The highest BCUT2D eigenvalue weighted by Crippen LogP contribution is 2.27. The molecule has 0 radical (unpaired) electrons. The summed E-state index contributed by atoms with van der Waals surface area (Å²) in [5, 5.41) is 1.63. The van der Waals surface area contributed by atoms with Crippen LogP contribution in [0.5, 0.6) is 5.75 Å². The van der Waals surface area contributed by atoms with Crippen molar-refractivity contribution in [1.82, 2.24) is 14.9 Å². The zero-order valence-corrected chi connectivity index (χ0v) is 14.9. The number of hydrogen-bond acceptors (Lipinski definition) is 4. The Morgan fingerprint density at radius 2 is 2.08 bits per heavy atom. The quantitative estimate of drug-likeness (QED) is 0.785. The summed E-state index contributed by atoms with van der Waals surface area (Å²) in [7, 11) is 0.